The highest BCUT2D eigenvalue weighted by Gasteiger charge is 2.17. The third-order valence-corrected chi connectivity index (χ3v) is 5.20. The second-order valence-corrected chi connectivity index (χ2v) is 7.42. The predicted molar refractivity (Wildman–Crippen MR) is 107 cm³/mol. The first-order valence-corrected chi connectivity index (χ1v) is 9.81. The van der Waals surface area contributed by atoms with Crippen LogP contribution in [0.1, 0.15) is 41.6 Å². The molecule has 4 nitrogen and oxygen atoms in total. The lowest BCUT2D eigenvalue weighted by Crippen LogP contribution is -2.31. The summed E-state index contributed by atoms with van der Waals surface area (Å²) in [5.41, 5.74) is 2.52. The zero-order valence-electron chi connectivity index (χ0n) is 14.7. The molecule has 1 aromatic carbocycles. The van der Waals surface area contributed by atoms with E-state index in [0.29, 0.717) is 22.2 Å². The number of benzene rings is 1. The summed E-state index contributed by atoms with van der Waals surface area (Å²) in [6.07, 6.45) is 8.73. The second-order valence-electron chi connectivity index (χ2n) is 6.58. The fraction of sp³-hybridized carbons (Fsp3) is 0.400. The van der Waals surface area contributed by atoms with Crippen LogP contribution in [0.3, 0.4) is 0 Å². The number of hydrogen-bond donors (Lipinski definition) is 1. The summed E-state index contributed by atoms with van der Waals surface area (Å²) in [7, 11) is 0. The van der Waals surface area contributed by atoms with E-state index in [1.807, 2.05) is 23.1 Å². The Balaban J connectivity index is 1.59. The summed E-state index contributed by atoms with van der Waals surface area (Å²) < 4.78 is 0. The maximum absolute atomic E-state index is 12.7. The number of nitrogens with zero attached hydrogens (tertiary/aromatic N) is 2. The van der Waals surface area contributed by atoms with Crippen molar-refractivity contribution in [3.8, 4) is 0 Å². The third-order valence-electron chi connectivity index (χ3n) is 4.62. The van der Waals surface area contributed by atoms with Crippen molar-refractivity contribution < 1.29 is 4.79 Å². The normalized spacial score (nSPS) is 14.8. The van der Waals surface area contributed by atoms with Gasteiger partial charge in [0.2, 0.25) is 0 Å². The van der Waals surface area contributed by atoms with Crippen molar-refractivity contribution in [3.63, 3.8) is 0 Å². The highest BCUT2D eigenvalue weighted by molar-refractivity contribution is 6.35. The van der Waals surface area contributed by atoms with Gasteiger partial charge in [-0.25, -0.2) is 0 Å². The van der Waals surface area contributed by atoms with Crippen LogP contribution in [-0.4, -0.2) is 35.4 Å². The number of nitrogens with one attached hydrogen (secondary N) is 1. The van der Waals surface area contributed by atoms with E-state index < -0.39 is 0 Å². The number of halogens is 2. The summed E-state index contributed by atoms with van der Waals surface area (Å²) in [6, 6.07) is 7.40. The topological polar surface area (TPSA) is 45.2 Å². The molecule has 1 aliphatic heterocycles. The molecular formula is C20H23Cl2N3O. The summed E-state index contributed by atoms with van der Waals surface area (Å²) in [4.78, 5) is 18.9. The Labute approximate surface area is 164 Å². The molecule has 138 valence electrons. The Bertz CT molecular complexity index is 758. The Hall–Kier alpha value is -1.78. The van der Waals surface area contributed by atoms with Crippen molar-refractivity contribution in [2.45, 2.75) is 32.1 Å². The van der Waals surface area contributed by atoms with Gasteiger partial charge in [-0.15, -0.1) is 0 Å². The van der Waals surface area contributed by atoms with E-state index in [-0.39, 0.29) is 5.91 Å². The number of carbonyl (C=O) groups is 1. The number of amides is 1. The number of likely N-dealkylation sites (tertiary alicyclic amines) is 1. The van der Waals surface area contributed by atoms with E-state index in [0.717, 1.165) is 43.6 Å². The van der Waals surface area contributed by atoms with Crippen LogP contribution in [0.15, 0.2) is 36.7 Å². The Morgan fingerprint density at radius 3 is 2.58 bits per heavy atom. The van der Waals surface area contributed by atoms with Gasteiger partial charge in [0.05, 0.1) is 11.3 Å². The average molecular weight is 392 g/mol. The van der Waals surface area contributed by atoms with Gasteiger partial charge in [-0.05, 0) is 43.0 Å². The van der Waals surface area contributed by atoms with E-state index in [1.165, 1.54) is 12.8 Å². The number of rotatable bonds is 5. The van der Waals surface area contributed by atoms with Crippen LogP contribution < -0.4 is 5.32 Å². The van der Waals surface area contributed by atoms with Gasteiger partial charge < -0.3 is 10.2 Å². The lowest BCUT2D eigenvalue weighted by molar-refractivity contribution is 0.0761. The predicted octanol–water partition coefficient (Wildman–Crippen LogP) is 5.06. The molecule has 1 fully saturated rings. The fourth-order valence-electron chi connectivity index (χ4n) is 3.18. The molecular weight excluding hydrogens is 369 g/mol. The van der Waals surface area contributed by atoms with Crippen molar-refractivity contribution >= 4 is 34.8 Å². The molecule has 0 atom stereocenters. The van der Waals surface area contributed by atoms with Gasteiger partial charge in [0, 0.05) is 42.1 Å². The number of pyridine rings is 1. The van der Waals surface area contributed by atoms with E-state index in [2.05, 4.69) is 10.3 Å². The van der Waals surface area contributed by atoms with Gasteiger partial charge in [-0.1, -0.05) is 42.1 Å². The monoisotopic (exact) mass is 391 g/mol. The molecule has 0 saturated carbocycles. The Kier molecular flexibility index (Phi) is 6.75. The maximum Gasteiger partial charge on any atom is 0.255 e. The van der Waals surface area contributed by atoms with Gasteiger partial charge in [0.15, 0.2) is 0 Å². The quantitative estimate of drug-likeness (QED) is 0.774. The average Bonchev–Trinajstić information content (AvgIpc) is 2.93. The first-order valence-electron chi connectivity index (χ1n) is 9.05. The smallest absolute Gasteiger partial charge is 0.255 e. The first kappa shape index (κ1) is 19.0. The van der Waals surface area contributed by atoms with Crippen LogP contribution in [0.2, 0.25) is 10.0 Å². The third kappa shape index (κ3) is 5.12. The van der Waals surface area contributed by atoms with Crippen molar-refractivity contribution in [1.82, 2.24) is 9.88 Å². The van der Waals surface area contributed by atoms with Crippen LogP contribution in [0.4, 0.5) is 5.69 Å². The van der Waals surface area contributed by atoms with Gasteiger partial charge >= 0.3 is 0 Å². The largest absolute Gasteiger partial charge is 0.383 e. The molecule has 1 N–H and O–H groups in total. The molecule has 0 spiro atoms. The zero-order valence-corrected chi connectivity index (χ0v) is 16.2. The molecule has 2 aromatic rings. The highest BCUT2D eigenvalue weighted by atomic mass is 35.5. The van der Waals surface area contributed by atoms with Crippen LogP contribution in [0.25, 0.3) is 0 Å². The first-order chi connectivity index (χ1) is 12.6. The molecule has 1 aliphatic rings. The molecule has 0 bridgehead atoms. The summed E-state index contributed by atoms with van der Waals surface area (Å²) in [5.74, 6) is 0.0730. The SMILES string of the molecule is O=C(c1cncc(NCCc2ccc(Cl)cc2Cl)c1)N1CCCCCC1. The molecule has 0 aliphatic carbocycles. The molecule has 1 amide bonds. The van der Waals surface area contributed by atoms with Crippen molar-refractivity contribution in [1.29, 1.82) is 0 Å². The number of carbonyl (C=O) groups excluding carboxylic acids is 1. The summed E-state index contributed by atoms with van der Waals surface area (Å²) in [5, 5.41) is 4.62. The molecule has 3 rings (SSSR count). The molecule has 0 radical (unpaired) electrons. The van der Waals surface area contributed by atoms with Crippen LogP contribution >= 0.6 is 23.2 Å². The lowest BCUT2D eigenvalue weighted by Gasteiger charge is -2.20. The summed E-state index contributed by atoms with van der Waals surface area (Å²) in [6.45, 7) is 2.38. The molecule has 2 heterocycles. The Morgan fingerprint density at radius 2 is 1.85 bits per heavy atom. The van der Waals surface area contributed by atoms with E-state index >= 15 is 0 Å². The summed E-state index contributed by atoms with van der Waals surface area (Å²) >= 11 is 12.1. The van der Waals surface area contributed by atoms with Crippen molar-refractivity contribution in [2.75, 3.05) is 25.0 Å². The van der Waals surface area contributed by atoms with Gasteiger partial charge in [0.25, 0.3) is 5.91 Å². The number of anilines is 1. The fourth-order valence-corrected chi connectivity index (χ4v) is 3.68. The number of aromatic nitrogens is 1. The maximum atomic E-state index is 12.7. The molecule has 1 aromatic heterocycles. The van der Waals surface area contributed by atoms with Gasteiger partial charge in [0.1, 0.15) is 0 Å². The van der Waals surface area contributed by atoms with Crippen LogP contribution in [0.5, 0.6) is 0 Å². The van der Waals surface area contributed by atoms with Crippen molar-refractivity contribution in [3.05, 3.63) is 57.8 Å². The minimum atomic E-state index is 0.0730. The highest BCUT2D eigenvalue weighted by Crippen LogP contribution is 2.21. The zero-order chi connectivity index (χ0) is 18.4. The minimum absolute atomic E-state index is 0.0730. The number of hydrogen-bond acceptors (Lipinski definition) is 3. The van der Waals surface area contributed by atoms with E-state index in [9.17, 15) is 4.79 Å². The standard InChI is InChI=1S/C20H23Cl2N3O/c21-17-6-5-15(19(22)12-17)7-8-24-18-11-16(13-23-14-18)20(26)25-9-3-1-2-4-10-25/h5-6,11-14,24H,1-4,7-10H2. The molecule has 26 heavy (non-hydrogen) atoms. The van der Waals surface area contributed by atoms with Crippen LogP contribution in [0, 0.1) is 0 Å². The lowest BCUT2D eigenvalue weighted by atomic mass is 10.1. The second kappa shape index (κ2) is 9.24. The minimum Gasteiger partial charge on any atom is -0.383 e. The van der Waals surface area contributed by atoms with Gasteiger partial charge in [-0.2, -0.15) is 0 Å². The molecule has 1 saturated heterocycles. The van der Waals surface area contributed by atoms with E-state index in [1.54, 1.807) is 18.5 Å². The van der Waals surface area contributed by atoms with Crippen LogP contribution in [-0.2, 0) is 6.42 Å². The molecule has 0 unspecified atom stereocenters. The van der Waals surface area contributed by atoms with Gasteiger partial charge in [-0.3, -0.25) is 9.78 Å². The van der Waals surface area contributed by atoms with E-state index in [4.69, 9.17) is 23.2 Å². The van der Waals surface area contributed by atoms with Crippen molar-refractivity contribution in [2.24, 2.45) is 0 Å². The molecule has 6 heteroatoms. The Morgan fingerprint density at radius 1 is 1.08 bits per heavy atom.